The summed E-state index contributed by atoms with van der Waals surface area (Å²) >= 11 is 11.7. The summed E-state index contributed by atoms with van der Waals surface area (Å²) in [5.41, 5.74) is 1.63. The van der Waals surface area contributed by atoms with Crippen molar-refractivity contribution in [3.05, 3.63) is 69.5 Å². The van der Waals surface area contributed by atoms with Crippen molar-refractivity contribution in [1.29, 1.82) is 0 Å². The minimum absolute atomic E-state index is 0.134. The molecule has 1 N–H and O–H groups in total. The lowest BCUT2D eigenvalue weighted by molar-refractivity contribution is -0.121. The minimum Gasteiger partial charge on any atom is -0.349 e. The Labute approximate surface area is 132 Å². The zero-order valence-corrected chi connectivity index (χ0v) is 12.9. The van der Waals surface area contributed by atoms with Crippen molar-refractivity contribution in [3.63, 3.8) is 0 Å². The Morgan fingerprint density at radius 2 is 1.81 bits per heavy atom. The molecule has 0 aliphatic rings. The Bertz CT molecular complexity index is 643. The van der Waals surface area contributed by atoms with Crippen molar-refractivity contribution in [2.75, 3.05) is 0 Å². The quantitative estimate of drug-likeness (QED) is 0.877. The molecule has 1 amide bonds. The van der Waals surface area contributed by atoms with Gasteiger partial charge in [-0.2, -0.15) is 0 Å². The Hall–Kier alpha value is -1.58. The molecule has 5 heteroatoms. The van der Waals surface area contributed by atoms with Gasteiger partial charge in [0, 0.05) is 0 Å². The molecule has 2 nitrogen and oxygen atoms in total. The molecule has 0 spiro atoms. The van der Waals surface area contributed by atoms with Gasteiger partial charge in [-0.15, -0.1) is 0 Å². The van der Waals surface area contributed by atoms with E-state index in [0.29, 0.717) is 10.0 Å². The van der Waals surface area contributed by atoms with E-state index in [2.05, 4.69) is 5.32 Å². The summed E-state index contributed by atoms with van der Waals surface area (Å²) in [7, 11) is 0. The van der Waals surface area contributed by atoms with Crippen LogP contribution in [0.15, 0.2) is 42.5 Å². The molecule has 2 aromatic carbocycles. The topological polar surface area (TPSA) is 29.1 Å². The molecule has 21 heavy (non-hydrogen) atoms. The van der Waals surface area contributed by atoms with Crippen molar-refractivity contribution < 1.29 is 9.18 Å². The number of hydrogen-bond acceptors (Lipinski definition) is 1. The maximum Gasteiger partial charge on any atom is 0.224 e. The molecule has 2 rings (SSSR count). The summed E-state index contributed by atoms with van der Waals surface area (Å²) in [6.07, 6.45) is 0.211. The van der Waals surface area contributed by atoms with Crippen molar-refractivity contribution >= 4 is 29.1 Å². The van der Waals surface area contributed by atoms with E-state index >= 15 is 0 Å². The van der Waals surface area contributed by atoms with Crippen molar-refractivity contribution in [2.45, 2.75) is 19.4 Å². The van der Waals surface area contributed by atoms with Gasteiger partial charge < -0.3 is 5.32 Å². The van der Waals surface area contributed by atoms with Gasteiger partial charge in [-0.05, 0) is 42.3 Å². The van der Waals surface area contributed by atoms with Crippen LogP contribution in [0, 0.1) is 5.82 Å². The highest BCUT2D eigenvalue weighted by Gasteiger charge is 2.11. The third-order valence-electron chi connectivity index (χ3n) is 3.10. The highest BCUT2D eigenvalue weighted by atomic mass is 35.5. The average Bonchev–Trinajstić information content (AvgIpc) is 2.43. The maximum atomic E-state index is 12.9. The van der Waals surface area contributed by atoms with Crippen LogP contribution in [0.1, 0.15) is 24.1 Å². The monoisotopic (exact) mass is 325 g/mol. The molecule has 0 heterocycles. The van der Waals surface area contributed by atoms with Crippen LogP contribution in [0.25, 0.3) is 0 Å². The van der Waals surface area contributed by atoms with Gasteiger partial charge in [-0.3, -0.25) is 4.79 Å². The van der Waals surface area contributed by atoms with Crippen LogP contribution in [-0.4, -0.2) is 5.91 Å². The molecule has 1 unspecified atom stereocenters. The van der Waals surface area contributed by atoms with Crippen LogP contribution < -0.4 is 5.32 Å². The van der Waals surface area contributed by atoms with Crippen LogP contribution in [0.3, 0.4) is 0 Å². The Morgan fingerprint density at radius 1 is 1.14 bits per heavy atom. The third-order valence-corrected chi connectivity index (χ3v) is 3.84. The molecular weight excluding hydrogens is 312 g/mol. The molecule has 110 valence electrons. The summed E-state index contributed by atoms with van der Waals surface area (Å²) < 4.78 is 12.9. The van der Waals surface area contributed by atoms with E-state index in [1.54, 1.807) is 30.3 Å². The molecular formula is C16H14Cl2FNO. The second-order valence-electron chi connectivity index (χ2n) is 4.77. The predicted octanol–water partition coefficient (Wildman–Crippen LogP) is 4.55. The zero-order chi connectivity index (χ0) is 15.4. The summed E-state index contributed by atoms with van der Waals surface area (Å²) in [4.78, 5) is 12.0. The van der Waals surface area contributed by atoms with Crippen LogP contribution in [0.5, 0.6) is 0 Å². The lowest BCUT2D eigenvalue weighted by Gasteiger charge is -2.14. The molecule has 0 saturated heterocycles. The van der Waals surface area contributed by atoms with E-state index in [1.807, 2.05) is 6.92 Å². The number of carbonyl (C=O) groups is 1. The fraction of sp³-hybridized carbons (Fsp3) is 0.188. The molecule has 0 bridgehead atoms. The van der Waals surface area contributed by atoms with Crippen LogP contribution in [0.2, 0.25) is 10.0 Å². The third kappa shape index (κ3) is 4.45. The van der Waals surface area contributed by atoms with Gasteiger partial charge in [0.2, 0.25) is 5.91 Å². The van der Waals surface area contributed by atoms with Gasteiger partial charge in [-0.25, -0.2) is 4.39 Å². The maximum absolute atomic E-state index is 12.9. The first-order valence-corrected chi connectivity index (χ1v) is 7.20. The zero-order valence-electron chi connectivity index (χ0n) is 11.4. The summed E-state index contributed by atoms with van der Waals surface area (Å²) in [5.74, 6) is -0.432. The minimum atomic E-state index is -0.298. The summed E-state index contributed by atoms with van der Waals surface area (Å²) in [5, 5.41) is 3.74. The highest BCUT2D eigenvalue weighted by molar-refractivity contribution is 6.42. The van der Waals surface area contributed by atoms with E-state index in [9.17, 15) is 9.18 Å². The van der Waals surface area contributed by atoms with E-state index in [0.717, 1.165) is 11.1 Å². The second-order valence-corrected chi connectivity index (χ2v) is 5.58. The number of carbonyl (C=O) groups excluding carboxylic acids is 1. The van der Waals surface area contributed by atoms with Gasteiger partial charge in [0.25, 0.3) is 0 Å². The average molecular weight is 326 g/mol. The summed E-state index contributed by atoms with van der Waals surface area (Å²) in [6, 6.07) is 11.0. The molecule has 0 aliphatic carbocycles. The van der Waals surface area contributed by atoms with E-state index in [-0.39, 0.29) is 24.2 Å². The number of hydrogen-bond donors (Lipinski definition) is 1. The summed E-state index contributed by atoms with van der Waals surface area (Å²) in [6.45, 7) is 1.85. The molecule has 0 radical (unpaired) electrons. The van der Waals surface area contributed by atoms with Gasteiger partial charge in [0.1, 0.15) is 5.82 Å². The van der Waals surface area contributed by atoms with Crippen molar-refractivity contribution in [3.8, 4) is 0 Å². The first-order chi connectivity index (χ1) is 9.95. The first-order valence-electron chi connectivity index (χ1n) is 6.44. The molecule has 2 aromatic rings. The highest BCUT2D eigenvalue weighted by Crippen LogP contribution is 2.23. The van der Waals surface area contributed by atoms with E-state index in [4.69, 9.17) is 23.2 Å². The Morgan fingerprint density at radius 3 is 2.43 bits per heavy atom. The van der Waals surface area contributed by atoms with Gasteiger partial charge in [-0.1, -0.05) is 41.4 Å². The molecule has 0 aromatic heterocycles. The van der Waals surface area contributed by atoms with Gasteiger partial charge in [0.05, 0.1) is 22.5 Å². The van der Waals surface area contributed by atoms with Crippen molar-refractivity contribution in [2.24, 2.45) is 0 Å². The van der Waals surface area contributed by atoms with Crippen LogP contribution in [-0.2, 0) is 11.2 Å². The van der Waals surface area contributed by atoms with Crippen LogP contribution in [0.4, 0.5) is 4.39 Å². The number of amides is 1. The van der Waals surface area contributed by atoms with Crippen LogP contribution >= 0.6 is 23.2 Å². The van der Waals surface area contributed by atoms with E-state index < -0.39 is 0 Å². The fourth-order valence-electron chi connectivity index (χ4n) is 1.96. The first kappa shape index (κ1) is 15.8. The SMILES string of the molecule is CC(NC(=O)Cc1ccc(Cl)c(Cl)c1)c1ccc(F)cc1. The normalized spacial score (nSPS) is 12.0. The molecule has 0 fully saturated rings. The molecule has 1 atom stereocenters. The van der Waals surface area contributed by atoms with Crippen molar-refractivity contribution in [1.82, 2.24) is 5.32 Å². The number of halogens is 3. The van der Waals surface area contributed by atoms with Gasteiger partial charge in [0.15, 0.2) is 0 Å². The molecule has 0 aliphatic heterocycles. The lowest BCUT2D eigenvalue weighted by atomic mass is 10.1. The largest absolute Gasteiger partial charge is 0.349 e. The fourth-order valence-corrected chi connectivity index (χ4v) is 2.28. The number of nitrogens with one attached hydrogen (secondary N) is 1. The molecule has 0 saturated carbocycles. The Balaban J connectivity index is 1.97. The lowest BCUT2D eigenvalue weighted by Crippen LogP contribution is -2.28. The number of benzene rings is 2. The predicted molar refractivity (Wildman–Crippen MR) is 83.1 cm³/mol. The van der Waals surface area contributed by atoms with E-state index in [1.165, 1.54) is 12.1 Å². The Kier molecular flexibility index (Phi) is 5.21. The number of rotatable bonds is 4. The smallest absolute Gasteiger partial charge is 0.224 e. The second kappa shape index (κ2) is 6.92. The standard InChI is InChI=1S/C16H14Cl2FNO/c1-10(12-3-5-13(19)6-4-12)20-16(21)9-11-2-7-14(17)15(18)8-11/h2-8,10H,9H2,1H3,(H,20,21). The van der Waals surface area contributed by atoms with Gasteiger partial charge >= 0.3 is 0 Å².